The third kappa shape index (κ3) is 6.94. The van der Waals surface area contributed by atoms with E-state index in [9.17, 15) is 4.79 Å². The lowest BCUT2D eigenvalue weighted by Gasteiger charge is -2.19. The Morgan fingerprint density at radius 1 is 1.03 bits per heavy atom. The van der Waals surface area contributed by atoms with Crippen molar-refractivity contribution in [3.8, 4) is 11.5 Å². The Hall–Kier alpha value is -2.80. The number of rotatable bonds is 7. The molecule has 0 aliphatic carbocycles. The highest BCUT2D eigenvalue weighted by molar-refractivity contribution is 5.85. The van der Waals surface area contributed by atoms with Crippen molar-refractivity contribution in [1.29, 1.82) is 0 Å². The second-order valence-electron chi connectivity index (χ2n) is 6.51. The number of pyridine rings is 1. The molecule has 0 radical (unpaired) electrons. The standard InChI is InChI=1S/C21H21N3O3.2ClH/c1-21(22,20(25)26)14-15-5-9-17(10-6-15)27-18-11-7-16(8-12-18)24-19-4-2-3-13-23-19;;/h2-13H,14,22H2,1H3,(H,23,24)(H,25,26);2*1H. The lowest BCUT2D eigenvalue weighted by Crippen LogP contribution is -2.46. The second-order valence-corrected chi connectivity index (χ2v) is 6.51. The maximum absolute atomic E-state index is 11.1. The normalized spacial score (nSPS) is 11.9. The summed E-state index contributed by atoms with van der Waals surface area (Å²) >= 11 is 0. The van der Waals surface area contributed by atoms with Crippen LogP contribution in [-0.2, 0) is 11.2 Å². The summed E-state index contributed by atoms with van der Waals surface area (Å²) < 4.78 is 5.83. The SMILES string of the molecule is CC(N)(Cc1ccc(Oc2ccc(Nc3ccccn3)cc2)cc1)C(=O)O.Cl.Cl. The monoisotopic (exact) mass is 435 g/mol. The summed E-state index contributed by atoms with van der Waals surface area (Å²) in [5.74, 6) is 1.11. The predicted molar refractivity (Wildman–Crippen MR) is 119 cm³/mol. The number of benzene rings is 2. The fourth-order valence-corrected chi connectivity index (χ4v) is 2.50. The maximum Gasteiger partial charge on any atom is 0.323 e. The first kappa shape index (κ1) is 24.2. The van der Waals surface area contributed by atoms with E-state index in [-0.39, 0.29) is 31.2 Å². The number of carboxylic acids is 1. The molecule has 0 spiro atoms. The van der Waals surface area contributed by atoms with Crippen LogP contribution in [0, 0.1) is 0 Å². The molecule has 1 aromatic heterocycles. The number of nitrogens with zero attached hydrogens (tertiary/aromatic N) is 1. The van der Waals surface area contributed by atoms with E-state index in [1.54, 1.807) is 18.3 Å². The number of nitrogens with two attached hydrogens (primary N) is 1. The first-order valence-corrected chi connectivity index (χ1v) is 8.49. The van der Waals surface area contributed by atoms with Gasteiger partial charge in [-0.2, -0.15) is 0 Å². The fourth-order valence-electron chi connectivity index (χ4n) is 2.50. The molecule has 2 aromatic carbocycles. The lowest BCUT2D eigenvalue weighted by molar-refractivity contribution is -0.142. The fraction of sp³-hybridized carbons (Fsp3) is 0.143. The predicted octanol–water partition coefficient (Wildman–Crippen LogP) is 4.81. The number of anilines is 2. The quantitative estimate of drug-likeness (QED) is 0.492. The molecule has 1 heterocycles. The molecule has 1 atom stereocenters. The van der Waals surface area contributed by atoms with Gasteiger partial charge in [-0.25, -0.2) is 4.98 Å². The number of ether oxygens (including phenoxy) is 1. The minimum atomic E-state index is -1.29. The van der Waals surface area contributed by atoms with Crippen molar-refractivity contribution in [2.75, 3.05) is 5.32 Å². The van der Waals surface area contributed by atoms with Crippen molar-refractivity contribution < 1.29 is 14.6 Å². The molecule has 6 nitrogen and oxygen atoms in total. The number of halogens is 2. The molecule has 3 aromatic rings. The minimum Gasteiger partial charge on any atom is -0.480 e. The van der Waals surface area contributed by atoms with Crippen LogP contribution in [0.4, 0.5) is 11.5 Å². The van der Waals surface area contributed by atoms with E-state index in [1.807, 2.05) is 54.6 Å². The molecule has 4 N–H and O–H groups in total. The third-order valence-corrected chi connectivity index (χ3v) is 4.01. The number of hydrogen-bond donors (Lipinski definition) is 3. The van der Waals surface area contributed by atoms with E-state index < -0.39 is 11.5 Å². The average Bonchev–Trinajstić information content (AvgIpc) is 2.65. The van der Waals surface area contributed by atoms with Gasteiger partial charge in [-0.3, -0.25) is 4.79 Å². The van der Waals surface area contributed by atoms with Gasteiger partial charge in [-0.15, -0.1) is 24.8 Å². The zero-order chi connectivity index (χ0) is 19.3. The Morgan fingerprint density at radius 3 is 2.14 bits per heavy atom. The van der Waals surface area contributed by atoms with Crippen LogP contribution < -0.4 is 15.8 Å². The summed E-state index contributed by atoms with van der Waals surface area (Å²) in [4.78, 5) is 15.3. The van der Waals surface area contributed by atoms with Crippen molar-refractivity contribution in [3.05, 3.63) is 78.5 Å². The molecule has 0 bridgehead atoms. The Kier molecular flexibility index (Phi) is 8.91. The summed E-state index contributed by atoms with van der Waals surface area (Å²) in [6.07, 6.45) is 1.98. The van der Waals surface area contributed by atoms with Crippen LogP contribution >= 0.6 is 24.8 Å². The Labute approximate surface area is 181 Å². The first-order chi connectivity index (χ1) is 12.9. The highest BCUT2D eigenvalue weighted by Crippen LogP contribution is 2.25. The maximum atomic E-state index is 11.1. The zero-order valence-electron chi connectivity index (χ0n) is 15.7. The molecule has 8 heteroatoms. The van der Waals surface area contributed by atoms with E-state index in [1.165, 1.54) is 6.92 Å². The van der Waals surface area contributed by atoms with Crippen molar-refractivity contribution in [3.63, 3.8) is 0 Å². The molecule has 3 rings (SSSR count). The van der Waals surface area contributed by atoms with Crippen molar-refractivity contribution in [2.24, 2.45) is 5.73 Å². The van der Waals surface area contributed by atoms with Gasteiger partial charge in [0.25, 0.3) is 0 Å². The van der Waals surface area contributed by atoms with Gasteiger partial charge in [-0.05, 0) is 61.0 Å². The van der Waals surface area contributed by atoms with Gasteiger partial charge < -0.3 is 20.9 Å². The molecule has 29 heavy (non-hydrogen) atoms. The van der Waals surface area contributed by atoms with Gasteiger partial charge in [0.2, 0.25) is 0 Å². The van der Waals surface area contributed by atoms with E-state index in [0.717, 1.165) is 17.1 Å². The molecule has 0 aliphatic heterocycles. The molecule has 0 fully saturated rings. The van der Waals surface area contributed by atoms with Gasteiger partial charge in [0, 0.05) is 18.3 Å². The van der Waals surface area contributed by atoms with Crippen molar-refractivity contribution in [2.45, 2.75) is 18.9 Å². The molecule has 0 aliphatic rings. The minimum absolute atomic E-state index is 0. The number of aliphatic carboxylic acids is 1. The summed E-state index contributed by atoms with van der Waals surface area (Å²) in [6, 6.07) is 20.4. The molecule has 0 saturated carbocycles. The number of carbonyl (C=O) groups is 1. The topological polar surface area (TPSA) is 97.5 Å². The highest BCUT2D eigenvalue weighted by atomic mass is 35.5. The van der Waals surface area contributed by atoms with Crippen LogP contribution in [0.25, 0.3) is 0 Å². The van der Waals surface area contributed by atoms with Gasteiger partial charge in [0.15, 0.2) is 0 Å². The number of hydrogen-bond acceptors (Lipinski definition) is 5. The highest BCUT2D eigenvalue weighted by Gasteiger charge is 2.27. The van der Waals surface area contributed by atoms with E-state index in [2.05, 4.69) is 10.3 Å². The van der Waals surface area contributed by atoms with Gasteiger partial charge in [0.05, 0.1) is 0 Å². The van der Waals surface area contributed by atoms with Gasteiger partial charge in [-0.1, -0.05) is 18.2 Å². The molecule has 0 saturated heterocycles. The van der Waals surface area contributed by atoms with Crippen molar-refractivity contribution >= 4 is 42.3 Å². The Balaban J connectivity index is 0.00000210. The second kappa shape index (κ2) is 10.7. The summed E-state index contributed by atoms with van der Waals surface area (Å²) in [5.41, 5.74) is 6.24. The van der Waals surface area contributed by atoms with Gasteiger partial charge >= 0.3 is 5.97 Å². The number of aromatic nitrogens is 1. The molecule has 154 valence electrons. The van der Waals surface area contributed by atoms with Gasteiger partial charge in [0.1, 0.15) is 22.9 Å². The Bertz CT molecular complexity index is 903. The van der Waals surface area contributed by atoms with E-state index >= 15 is 0 Å². The first-order valence-electron chi connectivity index (χ1n) is 8.49. The molecule has 1 unspecified atom stereocenters. The summed E-state index contributed by atoms with van der Waals surface area (Å²) in [5, 5.41) is 12.3. The Morgan fingerprint density at radius 2 is 1.62 bits per heavy atom. The molecular weight excluding hydrogens is 413 g/mol. The van der Waals surface area contributed by atoms with Crippen LogP contribution in [-0.4, -0.2) is 21.6 Å². The van der Waals surface area contributed by atoms with Crippen LogP contribution in [0.5, 0.6) is 11.5 Å². The molecule has 0 amide bonds. The van der Waals surface area contributed by atoms with Crippen molar-refractivity contribution in [1.82, 2.24) is 4.98 Å². The number of carboxylic acid groups (broad SMARTS) is 1. The van der Waals surface area contributed by atoms with Crippen LogP contribution in [0.15, 0.2) is 72.9 Å². The van der Waals surface area contributed by atoms with Crippen LogP contribution in [0.3, 0.4) is 0 Å². The summed E-state index contributed by atoms with van der Waals surface area (Å²) in [6.45, 7) is 1.50. The third-order valence-electron chi connectivity index (χ3n) is 4.01. The van der Waals surface area contributed by atoms with E-state index in [4.69, 9.17) is 15.6 Å². The zero-order valence-corrected chi connectivity index (χ0v) is 17.4. The van der Waals surface area contributed by atoms with Crippen LogP contribution in [0.2, 0.25) is 0 Å². The largest absolute Gasteiger partial charge is 0.480 e. The average molecular weight is 436 g/mol. The summed E-state index contributed by atoms with van der Waals surface area (Å²) in [7, 11) is 0. The number of nitrogens with one attached hydrogen (secondary N) is 1. The molecular formula is C21H23Cl2N3O3. The van der Waals surface area contributed by atoms with Crippen LogP contribution in [0.1, 0.15) is 12.5 Å². The smallest absolute Gasteiger partial charge is 0.323 e. The lowest BCUT2D eigenvalue weighted by atomic mass is 9.94. The van der Waals surface area contributed by atoms with E-state index in [0.29, 0.717) is 11.5 Å².